The van der Waals surface area contributed by atoms with Crippen molar-refractivity contribution in [3.8, 4) is 5.75 Å². The van der Waals surface area contributed by atoms with E-state index in [1.165, 1.54) is 0 Å². The van der Waals surface area contributed by atoms with Gasteiger partial charge in [0.15, 0.2) is 0 Å². The van der Waals surface area contributed by atoms with Gasteiger partial charge in [0, 0.05) is 5.02 Å². The van der Waals surface area contributed by atoms with Crippen molar-refractivity contribution in [3.05, 3.63) is 71.3 Å². The minimum Gasteiger partial charge on any atom is -0.508 e. The minimum absolute atomic E-state index is 0.257. The molecule has 0 aromatic heterocycles. The van der Waals surface area contributed by atoms with E-state index in [-0.39, 0.29) is 5.75 Å². The Morgan fingerprint density at radius 2 is 1.31 bits per heavy atom. The number of benzene rings is 2. The highest BCUT2D eigenvalue weighted by Crippen LogP contribution is 2.24. The van der Waals surface area contributed by atoms with Gasteiger partial charge < -0.3 is 5.11 Å². The summed E-state index contributed by atoms with van der Waals surface area (Å²) in [5.74, 6) is 0.257. The number of aromatic hydroxyl groups is 1. The zero-order valence-corrected chi connectivity index (χ0v) is 9.41. The summed E-state index contributed by atoms with van der Waals surface area (Å²) in [5.41, 5.74) is 2.92. The van der Waals surface area contributed by atoms with Gasteiger partial charge in [-0.05, 0) is 41.0 Å². The Bertz CT molecular complexity index is 450. The summed E-state index contributed by atoms with van der Waals surface area (Å²) in [6.45, 7) is 4.03. The summed E-state index contributed by atoms with van der Waals surface area (Å²) in [6, 6.07) is 14.5. The SMILES string of the molecule is C=C(c1ccc(O)cc1)c1ccc(Cl)cc1. The molecule has 16 heavy (non-hydrogen) atoms. The number of hydrogen-bond acceptors (Lipinski definition) is 1. The Balaban J connectivity index is 2.32. The second-order valence-electron chi connectivity index (χ2n) is 3.53. The van der Waals surface area contributed by atoms with Crippen molar-refractivity contribution >= 4 is 17.2 Å². The summed E-state index contributed by atoms with van der Waals surface area (Å²) < 4.78 is 0. The predicted octanol–water partition coefficient (Wildman–Crippen LogP) is 4.11. The molecule has 0 radical (unpaired) electrons. The molecule has 2 heteroatoms. The quantitative estimate of drug-likeness (QED) is 0.823. The molecule has 2 aromatic carbocycles. The van der Waals surface area contributed by atoms with Crippen molar-refractivity contribution in [2.24, 2.45) is 0 Å². The van der Waals surface area contributed by atoms with E-state index in [0.29, 0.717) is 5.02 Å². The van der Waals surface area contributed by atoms with Gasteiger partial charge in [-0.3, -0.25) is 0 Å². The Kier molecular flexibility index (Phi) is 2.97. The lowest BCUT2D eigenvalue weighted by Gasteiger charge is -2.06. The Morgan fingerprint density at radius 3 is 1.81 bits per heavy atom. The highest BCUT2D eigenvalue weighted by atomic mass is 35.5. The molecule has 1 N–H and O–H groups in total. The normalized spacial score (nSPS) is 10.1. The molecule has 0 unspecified atom stereocenters. The van der Waals surface area contributed by atoms with Crippen LogP contribution in [-0.2, 0) is 0 Å². The van der Waals surface area contributed by atoms with E-state index in [4.69, 9.17) is 11.6 Å². The molecular weight excluding hydrogens is 220 g/mol. The summed E-state index contributed by atoms with van der Waals surface area (Å²) in [6.07, 6.45) is 0. The topological polar surface area (TPSA) is 20.2 Å². The molecule has 0 saturated heterocycles. The van der Waals surface area contributed by atoms with E-state index in [1.807, 2.05) is 36.4 Å². The van der Waals surface area contributed by atoms with Gasteiger partial charge in [0.05, 0.1) is 0 Å². The second-order valence-corrected chi connectivity index (χ2v) is 3.97. The summed E-state index contributed by atoms with van der Waals surface area (Å²) in [7, 11) is 0. The molecule has 0 spiro atoms. The minimum atomic E-state index is 0.257. The molecule has 1 nitrogen and oxygen atoms in total. The molecule has 2 aromatic rings. The van der Waals surface area contributed by atoms with E-state index >= 15 is 0 Å². The molecule has 0 heterocycles. The number of phenols is 1. The Hall–Kier alpha value is -1.73. The highest BCUT2D eigenvalue weighted by Gasteiger charge is 2.02. The number of phenolic OH excluding ortho intramolecular Hbond substituents is 1. The summed E-state index contributed by atoms with van der Waals surface area (Å²) in [5, 5.41) is 9.91. The maximum Gasteiger partial charge on any atom is 0.115 e. The molecule has 0 amide bonds. The molecule has 0 bridgehead atoms. The lowest BCUT2D eigenvalue weighted by Crippen LogP contribution is -1.85. The first kappa shape index (κ1) is 10.8. The molecule has 0 aliphatic rings. The van der Waals surface area contributed by atoms with E-state index in [1.54, 1.807) is 12.1 Å². The fourth-order valence-corrected chi connectivity index (χ4v) is 1.61. The fraction of sp³-hybridized carbons (Fsp3) is 0. The second kappa shape index (κ2) is 4.42. The Morgan fingerprint density at radius 1 is 0.875 bits per heavy atom. The molecule has 0 saturated carbocycles. The van der Waals surface area contributed by atoms with Gasteiger partial charge in [-0.1, -0.05) is 42.4 Å². The molecular formula is C14H11ClO. The number of rotatable bonds is 2. The summed E-state index contributed by atoms with van der Waals surface area (Å²) in [4.78, 5) is 0. The van der Waals surface area contributed by atoms with Crippen molar-refractivity contribution in [2.45, 2.75) is 0 Å². The third-order valence-electron chi connectivity index (χ3n) is 2.41. The van der Waals surface area contributed by atoms with Gasteiger partial charge in [-0.15, -0.1) is 0 Å². The maximum atomic E-state index is 9.20. The zero-order valence-electron chi connectivity index (χ0n) is 8.65. The van der Waals surface area contributed by atoms with Gasteiger partial charge in [0.2, 0.25) is 0 Å². The van der Waals surface area contributed by atoms with Crippen LogP contribution in [0.25, 0.3) is 5.57 Å². The van der Waals surface area contributed by atoms with Crippen molar-refractivity contribution < 1.29 is 5.11 Å². The maximum absolute atomic E-state index is 9.20. The highest BCUT2D eigenvalue weighted by molar-refractivity contribution is 6.30. The van der Waals surface area contributed by atoms with Crippen LogP contribution in [0.15, 0.2) is 55.1 Å². The third kappa shape index (κ3) is 2.26. The van der Waals surface area contributed by atoms with Gasteiger partial charge in [-0.2, -0.15) is 0 Å². The van der Waals surface area contributed by atoms with Crippen molar-refractivity contribution in [2.75, 3.05) is 0 Å². The molecule has 80 valence electrons. The first-order valence-corrected chi connectivity index (χ1v) is 5.29. The zero-order chi connectivity index (χ0) is 11.5. The van der Waals surface area contributed by atoms with Crippen LogP contribution in [0.4, 0.5) is 0 Å². The molecule has 0 fully saturated rings. The first-order valence-electron chi connectivity index (χ1n) is 4.91. The van der Waals surface area contributed by atoms with Crippen molar-refractivity contribution in [3.63, 3.8) is 0 Å². The Labute approximate surface area is 99.6 Å². The average Bonchev–Trinajstić information content (AvgIpc) is 2.30. The van der Waals surface area contributed by atoms with E-state index in [2.05, 4.69) is 6.58 Å². The molecule has 0 atom stereocenters. The number of halogens is 1. The monoisotopic (exact) mass is 230 g/mol. The number of hydrogen-bond donors (Lipinski definition) is 1. The third-order valence-corrected chi connectivity index (χ3v) is 2.66. The lowest BCUT2D eigenvalue weighted by molar-refractivity contribution is 0.475. The van der Waals surface area contributed by atoms with Crippen LogP contribution in [-0.4, -0.2) is 5.11 Å². The van der Waals surface area contributed by atoms with Crippen molar-refractivity contribution in [1.29, 1.82) is 0 Å². The largest absolute Gasteiger partial charge is 0.508 e. The average molecular weight is 231 g/mol. The van der Waals surface area contributed by atoms with Crippen LogP contribution >= 0.6 is 11.6 Å². The standard InChI is InChI=1S/C14H11ClO/c1-10(11-2-6-13(15)7-3-11)12-4-8-14(16)9-5-12/h2-9,16H,1H2. The smallest absolute Gasteiger partial charge is 0.115 e. The van der Waals surface area contributed by atoms with E-state index < -0.39 is 0 Å². The van der Waals surface area contributed by atoms with Gasteiger partial charge in [0.25, 0.3) is 0 Å². The van der Waals surface area contributed by atoms with Crippen LogP contribution in [0, 0.1) is 0 Å². The van der Waals surface area contributed by atoms with Crippen LogP contribution in [0.3, 0.4) is 0 Å². The molecule has 0 aliphatic carbocycles. The van der Waals surface area contributed by atoms with Crippen LogP contribution in [0.5, 0.6) is 5.75 Å². The van der Waals surface area contributed by atoms with Gasteiger partial charge >= 0.3 is 0 Å². The van der Waals surface area contributed by atoms with Crippen LogP contribution < -0.4 is 0 Å². The summed E-state index contributed by atoms with van der Waals surface area (Å²) >= 11 is 5.82. The van der Waals surface area contributed by atoms with Gasteiger partial charge in [0.1, 0.15) is 5.75 Å². The van der Waals surface area contributed by atoms with Gasteiger partial charge in [-0.25, -0.2) is 0 Å². The lowest BCUT2D eigenvalue weighted by atomic mass is 10.00. The van der Waals surface area contributed by atoms with Crippen molar-refractivity contribution in [1.82, 2.24) is 0 Å². The molecule has 2 rings (SSSR count). The first-order chi connectivity index (χ1) is 7.66. The fourth-order valence-electron chi connectivity index (χ4n) is 1.48. The van der Waals surface area contributed by atoms with E-state index in [9.17, 15) is 5.11 Å². The van der Waals surface area contributed by atoms with Crippen LogP contribution in [0.1, 0.15) is 11.1 Å². The van der Waals surface area contributed by atoms with Crippen LogP contribution in [0.2, 0.25) is 5.02 Å². The van der Waals surface area contributed by atoms with E-state index in [0.717, 1.165) is 16.7 Å². The molecule has 0 aliphatic heterocycles. The predicted molar refractivity (Wildman–Crippen MR) is 67.7 cm³/mol.